The standard InChI is InChI=1S/C26H20O8/c27-23(17-10-4-1-5-11-17)31-16-20-21(33-24(28)18-12-6-2-7-13-18)22(26(30)32-20)34-25(29)19-14-8-3-9-15-19/h1-15,20-22H,16H2/t20-,21-,22?/m0/s1. The van der Waals surface area contributed by atoms with Crippen molar-refractivity contribution in [1.29, 1.82) is 0 Å². The molecule has 3 atom stereocenters. The molecule has 0 radical (unpaired) electrons. The lowest BCUT2D eigenvalue weighted by atomic mass is 10.1. The van der Waals surface area contributed by atoms with Crippen molar-refractivity contribution in [2.45, 2.75) is 18.3 Å². The smallest absolute Gasteiger partial charge is 0.352 e. The maximum absolute atomic E-state index is 12.7. The Bertz CT molecular complexity index is 1160. The van der Waals surface area contributed by atoms with Gasteiger partial charge in [-0.2, -0.15) is 0 Å². The molecule has 1 fully saturated rings. The molecule has 8 heteroatoms. The predicted octanol–water partition coefficient (Wildman–Crippen LogP) is 3.22. The molecule has 1 aliphatic heterocycles. The van der Waals surface area contributed by atoms with Gasteiger partial charge >= 0.3 is 23.9 Å². The number of cyclic esters (lactones) is 1. The largest absolute Gasteiger partial charge is 0.458 e. The fourth-order valence-corrected chi connectivity index (χ4v) is 3.33. The first-order valence-corrected chi connectivity index (χ1v) is 10.5. The molecule has 3 aromatic carbocycles. The Balaban J connectivity index is 1.51. The third kappa shape index (κ3) is 5.29. The van der Waals surface area contributed by atoms with E-state index in [-0.39, 0.29) is 11.1 Å². The van der Waals surface area contributed by atoms with E-state index in [4.69, 9.17) is 18.9 Å². The van der Waals surface area contributed by atoms with Gasteiger partial charge < -0.3 is 18.9 Å². The second-order valence-electron chi connectivity index (χ2n) is 7.37. The van der Waals surface area contributed by atoms with E-state index in [0.717, 1.165) is 0 Å². The van der Waals surface area contributed by atoms with Crippen LogP contribution in [0.2, 0.25) is 0 Å². The molecule has 1 saturated heterocycles. The molecule has 8 nitrogen and oxygen atoms in total. The van der Waals surface area contributed by atoms with Gasteiger partial charge in [0, 0.05) is 0 Å². The highest BCUT2D eigenvalue weighted by Gasteiger charge is 2.51. The molecule has 1 unspecified atom stereocenters. The van der Waals surface area contributed by atoms with Crippen LogP contribution in [0.4, 0.5) is 0 Å². The van der Waals surface area contributed by atoms with Crippen molar-refractivity contribution in [3.05, 3.63) is 108 Å². The van der Waals surface area contributed by atoms with Crippen molar-refractivity contribution in [3.8, 4) is 0 Å². The molecule has 3 aromatic rings. The van der Waals surface area contributed by atoms with Crippen molar-refractivity contribution in [2.24, 2.45) is 0 Å². The molecule has 34 heavy (non-hydrogen) atoms. The molecule has 1 heterocycles. The molecule has 0 bridgehead atoms. The van der Waals surface area contributed by atoms with Gasteiger partial charge in [0.1, 0.15) is 6.61 Å². The Morgan fingerprint density at radius 1 is 0.647 bits per heavy atom. The van der Waals surface area contributed by atoms with Crippen LogP contribution in [0.1, 0.15) is 31.1 Å². The van der Waals surface area contributed by atoms with E-state index < -0.39 is 48.8 Å². The summed E-state index contributed by atoms with van der Waals surface area (Å²) in [6.45, 7) is -0.397. The summed E-state index contributed by atoms with van der Waals surface area (Å²) in [5.74, 6) is -3.08. The van der Waals surface area contributed by atoms with Gasteiger partial charge in [-0.1, -0.05) is 54.6 Å². The molecule has 0 spiro atoms. The first kappa shape index (κ1) is 22.7. The minimum Gasteiger partial charge on any atom is -0.458 e. The Morgan fingerprint density at radius 3 is 1.59 bits per heavy atom. The molecule has 0 N–H and O–H groups in total. The first-order valence-electron chi connectivity index (χ1n) is 10.5. The topological polar surface area (TPSA) is 105 Å². The molecule has 0 amide bonds. The molecule has 4 rings (SSSR count). The van der Waals surface area contributed by atoms with E-state index in [1.807, 2.05) is 0 Å². The van der Waals surface area contributed by atoms with Gasteiger partial charge in [0.15, 0.2) is 12.2 Å². The lowest BCUT2D eigenvalue weighted by Crippen LogP contribution is -2.41. The van der Waals surface area contributed by atoms with Crippen LogP contribution in [0.15, 0.2) is 91.0 Å². The molecular weight excluding hydrogens is 440 g/mol. The minimum absolute atomic E-state index is 0.211. The van der Waals surface area contributed by atoms with Crippen LogP contribution in [0.3, 0.4) is 0 Å². The van der Waals surface area contributed by atoms with Gasteiger partial charge in [0.05, 0.1) is 16.7 Å². The highest BCUT2D eigenvalue weighted by molar-refractivity contribution is 5.93. The van der Waals surface area contributed by atoms with E-state index in [2.05, 4.69) is 0 Å². The lowest BCUT2D eigenvalue weighted by molar-refractivity contribution is -0.148. The second kappa shape index (κ2) is 10.4. The van der Waals surface area contributed by atoms with Crippen molar-refractivity contribution >= 4 is 23.9 Å². The van der Waals surface area contributed by atoms with Gasteiger partial charge in [-0.3, -0.25) is 0 Å². The summed E-state index contributed by atoms with van der Waals surface area (Å²) in [6, 6.07) is 24.4. The Kier molecular flexibility index (Phi) is 6.98. The normalized spacial score (nSPS) is 19.1. The molecule has 0 saturated carbocycles. The van der Waals surface area contributed by atoms with Crippen LogP contribution in [0.25, 0.3) is 0 Å². The summed E-state index contributed by atoms with van der Waals surface area (Å²) < 4.78 is 21.4. The fraction of sp³-hybridized carbons (Fsp3) is 0.154. The summed E-state index contributed by atoms with van der Waals surface area (Å²) in [4.78, 5) is 50.1. The summed E-state index contributed by atoms with van der Waals surface area (Å²) in [6.07, 6.45) is -4.02. The predicted molar refractivity (Wildman–Crippen MR) is 118 cm³/mol. The van der Waals surface area contributed by atoms with Crippen LogP contribution < -0.4 is 0 Å². The second-order valence-corrected chi connectivity index (χ2v) is 7.37. The van der Waals surface area contributed by atoms with Crippen molar-refractivity contribution in [1.82, 2.24) is 0 Å². The Labute approximate surface area is 195 Å². The summed E-state index contributed by atoms with van der Waals surface area (Å²) in [7, 11) is 0. The molecule has 0 aromatic heterocycles. The maximum atomic E-state index is 12.7. The number of carbonyl (C=O) groups is 4. The monoisotopic (exact) mass is 460 g/mol. The third-order valence-electron chi connectivity index (χ3n) is 5.05. The van der Waals surface area contributed by atoms with E-state index in [0.29, 0.717) is 5.56 Å². The van der Waals surface area contributed by atoms with Crippen LogP contribution in [-0.2, 0) is 23.7 Å². The molecule has 0 aliphatic carbocycles. The van der Waals surface area contributed by atoms with E-state index in [1.54, 1.807) is 66.7 Å². The number of hydrogen-bond acceptors (Lipinski definition) is 8. The Morgan fingerprint density at radius 2 is 1.09 bits per heavy atom. The highest BCUT2D eigenvalue weighted by atomic mass is 16.7. The van der Waals surface area contributed by atoms with E-state index >= 15 is 0 Å². The minimum atomic E-state index is -1.53. The molecule has 1 aliphatic rings. The van der Waals surface area contributed by atoms with E-state index in [9.17, 15) is 19.2 Å². The average molecular weight is 460 g/mol. The van der Waals surface area contributed by atoms with Crippen LogP contribution in [-0.4, -0.2) is 48.8 Å². The van der Waals surface area contributed by atoms with E-state index in [1.165, 1.54) is 24.3 Å². The third-order valence-corrected chi connectivity index (χ3v) is 5.05. The summed E-state index contributed by atoms with van der Waals surface area (Å²) in [5.41, 5.74) is 0.745. The molecular formula is C26H20O8. The Hall–Kier alpha value is -4.46. The number of ether oxygens (including phenoxy) is 4. The lowest BCUT2D eigenvalue weighted by Gasteiger charge is -2.21. The zero-order valence-corrected chi connectivity index (χ0v) is 17.9. The number of carbonyl (C=O) groups excluding carboxylic acids is 4. The summed E-state index contributed by atoms with van der Waals surface area (Å²) in [5, 5.41) is 0. The van der Waals surface area contributed by atoms with Crippen molar-refractivity contribution in [2.75, 3.05) is 6.61 Å². The van der Waals surface area contributed by atoms with Gasteiger partial charge in [0.25, 0.3) is 0 Å². The SMILES string of the molecule is O=C(OC[C@@H]1OC(=O)C(OC(=O)c2ccccc2)[C@H]1OC(=O)c1ccccc1)c1ccccc1. The first-order chi connectivity index (χ1) is 16.5. The van der Waals surface area contributed by atoms with Crippen molar-refractivity contribution in [3.63, 3.8) is 0 Å². The van der Waals surface area contributed by atoms with Gasteiger partial charge in [-0.25, -0.2) is 19.2 Å². The van der Waals surface area contributed by atoms with Gasteiger partial charge in [0.2, 0.25) is 6.10 Å². The number of hydrogen-bond donors (Lipinski definition) is 0. The average Bonchev–Trinajstić information content (AvgIpc) is 3.17. The number of esters is 4. The van der Waals surface area contributed by atoms with Crippen LogP contribution in [0.5, 0.6) is 0 Å². The van der Waals surface area contributed by atoms with Gasteiger partial charge in [-0.05, 0) is 36.4 Å². The quantitative estimate of drug-likeness (QED) is 0.391. The number of rotatable bonds is 7. The zero-order chi connectivity index (χ0) is 23.9. The summed E-state index contributed by atoms with van der Waals surface area (Å²) >= 11 is 0. The van der Waals surface area contributed by atoms with Crippen molar-refractivity contribution < 1.29 is 38.1 Å². The van der Waals surface area contributed by atoms with Gasteiger partial charge in [-0.15, -0.1) is 0 Å². The van der Waals surface area contributed by atoms with Crippen LogP contribution in [0, 0.1) is 0 Å². The number of benzene rings is 3. The maximum Gasteiger partial charge on any atom is 0.352 e. The van der Waals surface area contributed by atoms with Crippen LogP contribution >= 0.6 is 0 Å². The zero-order valence-electron chi connectivity index (χ0n) is 17.9. The fourth-order valence-electron chi connectivity index (χ4n) is 3.33. The molecule has 172 valence electrons. The highest BCUT2D eigenvalue weighted by Crippen LogP contribution is 2.25.